The fraction of sp³-hybridized carbons (Fsp3) is 0.444. The lowest BCUT2D eigenvalue weighted by Gasteiger charge is -2.11. The van der Waals surface area contributed by atoms with Crippen molar-refractivity contribution in [1.82, 2.24) is 9.97 Å². The van der Waals surface area contributed by atoms with Crippen molar-refractivity contribution in [3.8, 4) is 0 Å². The summed E-state index contributed by atoms with van der Waals surface area (Å²) in [5.41, 5.74) is 3.61. The van der Waals surface area contributed by atoms with Crippen LogP contribution in [0.15, 0.2) is 30.3 Å². The van der Waals surface area contributed by atoms with Gasteiger partial charge in [-0.1, -0.05) is 29.8 Å². The molecule has 0 aliphatic heterocycles. The van der Waals surface area contributed by atoms with Gasteiger partial charge in [-0.3, -0.25) is 0 Å². The van der Waals surface area contributed by atoms with Crippen LogP contribution in [0.1, 0.15) is 42.0 Å². The molecule has 0 radical (unpaired) electrons. The Morgan fingerprint density at radius 1 is 1.17 bits per heavy atom. The first-order valence-electron chi connectivity index (χ1n) is 8.28. The Morgan fingerprint density at radius 3 is 2.78 bits per heavy atom. The summed E-state index contributed by atoms with van der Waals surface area (Å²) in [5, 5.41) is 15.5. The molecule has 122 valence electrons. The van der Waals surface area contributed by atoms with Crippen molar-refractivity contribution >= 4 is 11.8 Å². The first-order valence-corrected chi connectivity index (χ1v) is 8.28. The molecule has 0 saturated heterocycles. The second-order valence-electron chi connectivity index (χ2n) is 6.12. The quantitative estimate of drug-likeness (QED) is 0.654. The number of hydrogen-bond acceptors (Lipinski definition) is 5. The number of benzene rings is 1. The average molecular weight is 312 g/mol. The van der Waals surface area contributed by atoms with Crippen molar-refractivity contribution in [2.24, 2.45) is 0 Å². The topological polar surface area (TPSA) is 70.1 Å². The highest BCUT2D eigenvalue weighted by Gasteiger charge is 2.26. The highest BCUT2D eigenvalue weighted by molar-refractivity contribution is 5.44. The van der Waals surface area contributed by atoms with Gasteiger partial charge in [0.1, 0.15) is 5.82 Å². The second-order valence-corrected chi connectivity index (χ2v) is 6.12. The highest BCUT2D eigenvalue weighted by Crippen LogP contribution is 2.39. The van der Waals surface area contributed by atoms with Crippen LogP contribution in [0.4, 0.5) is 11.8 Å². The van der Waals surface area contributed by atoms with Crippen molar-refractivity contribution in [1.29, 1.82) is 0 Å². The van der Waals surface area contributed by atoms with Gasteiger partial charge in [0.05, 0.1) is 5.69 Å². The Balaban J connectivity index is 1.69. The zero-order valence-electron chi connectivity index (χ0n) is 13.5. The van der Waals surface area contributed by atoms with Gasteiger partial charge in [0.2, 0.25) is 5.95 Å². The Labute approximate surface area is 137 Å². The number of nitrogens with one attached hydrogen (secondary N) is 2. The van der Waals surface area contributed by atoms with Crippen molar-refractivity contribution in [3.63, 3.8) is 0 Å². The molecule has 1 heterocycles. The lowest BCUT2D eigenvalue weighted by atomic mass is 10.1. The molecular formula is C18H24N4O. The number of aliphatic hydroxyl groups excluding tert-OH is 1. The zero-order valence-corrected chi connectivity index (χ0v) is 13.5. The standard InChI is InChI=1S/C18H24N4O/c1-13-4-2-5-14(10-13)12-20-17-11-16(15-6-7-15)21-18(22-17)19-8-3-9-23/h2,4-5,10-11,15,23H,3,6-9,12H2,1H3,(H2,19,20,21,22). The van der Waals surface area contributed by atoms with Crippen molar-refractivity contribution in [2.45, 2.75) is 38.6 Å². The van der Waals surface area contributed by atoms with E-state index in [1.165, 1.54) is 24.0 Å². The number of aryl methyl sites for hydroxylation is 1. The Hall–Kier alpha value is -2.14. The van der Waals surface area contributed by atoms with Crippen LogP contribution in [-0.2, 0) is 6.54 Å². The minimum atomic E-state index is 0.174. The van der Waals surface area contributed by atoms with E-state index >= 15 is 0 Å². The van der Waals surface area contributed by atoms with Gasteiger partial charge in [0.25, 0.3) is 0 Å². The number of anilines is 2. The molecule has 2 aromatic rings. The molecule has 3 N–H and O–H groups in total. The summed E-state index contributed by atoms with van der Waals surface area (Å²) in [5.74, 6) is 2.08. The van der Waals surface area contributed by atoms with Crippen molar-refractivity contribution in [3.05, 3.63) is 47.2 Å². The van der Waals surface area contributed by atoms with Gasteiger partial charge in [0, 0.05) is 31.7 Å². The maximum absolute atomic E-state index is 8.89. The molecule has 1 fully saturated rings. The second kappa shape index (κ2) is 7.42. The SMILES string of the molecule is Cc1cccc(CNc2cc(C3CC3)nc(NCCCO)n2)c1. The molecule has 0 atom stereocenters. The van der Waals surface area contributed by atoms with Gasteiger partial charge in [-0.25, -0.2) is 4.98 Å². The predicted molar refractivity (Wildman–Crippen MR) is 92.7 cm³/mol. The number of rotatable bonds is 8. The van der Waals surface area contributed by atoms with Gasteiger partial charge >= 0.3 is 0 Å². The van der Waals surface area contributed by atoms with E-state index in [1.54, 1.807) is 0 Å². The van der Waals surface area contributed by atoms with E-state index in [0.717, 1.165) is 18.1 Å². The molecule has 0 bridgehead atoms. The van der Waals surface area contributed by atoms with Crippen LogP contribution in [0.5, 0.6) is 0 Å². The summed E-state index contributed by atoms with van der Waals surface area (Å²) in [6, 6.07) is 10.5. The Morgan fingerprint density at radius 2 is 2.04 bits per heavy atom. The van der Waals surface area contributed by atoms with Gasteiger partial charge in [-0.2, -0.15) is 4.98 Å². The third-order valence-electron chi connectivity index (χ3n) is 3.92. The molecule has 1 aliphatic carbocycles. The summed E-state index contributed by atoms with van der Waals surface area (Å²) < 4.78 is 0. The number of aromatic nitrogens is 2. The first-order chi connectivity index (χ1) is 11.2. The first kappa shape index (κ1) is 15.7. The molecule has 0 spiro atoms. The predicted octanol–water partition coefficient (Wildman–Crippen LogP) is 3.07. The smallest absolute Gasteiger partial charge is 0.224 e. The number of hydrogen-bond donors (Lipinski definition) is 3. The lowest BCUT2D eigenvalue weighted by Crippen LogP contribution is -2.10. The third kappa shape index (κ3) is 4.66. The van der Waals surface area contributed by atoms with E-state index < -0.39 is 0 Å². The van der Waals surface area contributed by atoms with Crippen molar-refractivity contribution < 1.29 is 5.11 Å². The summed E-state index contributed by atoms with van der Waals surface area (Å²) in [4.78, 5) is 9.13. The largest absolute Gasteiger partial charge is 0.396 e. The summed E-state index contributed by atoms with van der Waals surface area (Å²) in [6.07, 6.45) is 3.12. The van der Waals surface area contributed by atoms with E-state index in [1.807, 2.05) is 0 Å². The van der Waals surface area contributed by atoms with E-state index in [2.05, 4.69) is 57.9 Å². The van der Waals surface area contributed by atoms with Crippen LogP contribution in [-0.4, -0.2) is 28.2 Å². The Bertz CT molecular complexity index is 655. The maximum atomic E-state index is 8.89. The molecule has 5 heteroatoms. The molecule has 23 heavy (non-hydrogen) atoms. The maximum Gasteiger partial charge on any atom is 0.224 e. The number of nitrogens with zero attached hydrogens (tertiary/aromatic N) is 2. The van der Waals surface area contributed by atoms with Gasteiger partial charge in [0.15, 0.2) is 0 Å². The van der Waals surface area contributed by atoms with Crippen LogP contribution < -0.4 is 10.6 Å². The van der Waals surface area contributed by atoms with E-state index in [4.69, 9.17) is 5.11 Å². The van der Waals surface area contributed by atoms with E-state index in [-0.39, 0.29) is 6.61 Å². The molecule has 5 nitrogen and oxygen atoms in total. The van der Waals surface area contributed by atoms with Gasteiger partial charge < -0.3 is 15.7 Å². The van der Waals surface area contributed by atoms with E-state index in [0.29, 0.717) is 24.8 Å². The minimum absolute atomic E-state index is 0.174. The fourth-order valence-corrected chi connectivity index (χ4v) is 2.52. The molecule has 1 aromatic carbocycles. The van der Waals surface area contributed by atoms with Crippen LogP contribution in [0, 0.1) is 6.92 Å². The van der Waals surface area contributed by atoms with Crippen LogP contribution in [0.2, 0.25) is 0 Å². The summed E-state index contributed by atoms with van der Waals surface area (Å²) in [6.45, 7) is 3.71. The molecule has 1 aromatic heterocycles. The molecule has 3 rings (SSSR count). The average Bonchev–Trinajstić information content (AvgIpc) is 3.38. The lowest BCUT2D eigenvalue weighted by molar-refractivity contribution is 0.292. The molecule has 1 aliphatic rings. The molecule has 1 saturated carbocycles. The van der Waals surface area contributed by atoms with Crippen LogP contribution >= 0.6 is 0 Å². The van der Waals surface area contributed by atoms with Gasteiger partial charge in [-0.15, -0.1) is 0 Å². The van der Waals surface area contributed by atoms with Crippen molar-refractivity contribution in [2.75, 3.05) is 23.8 Å². The van der Waals surface area contributed by atoms with Gasteiger partial charge in [-0.05, 0) is 31.7 Å². The number of aliphatic hydroxyl groups is 1. The van der Waals surface area contributed by atoms with Crippen LogP contribution in [0.3, 0.4) is 0 Å². The monoisotopic (exact) mass is 312 g/mol. The normalized spacial score (nSPS) is 13.8. The fourth-order valence-electron chi connectivity index (χ4n) is 2.52. The van der Waals surface area contributed by atoms with Crippen LogP contribution in [0.25, 0.3) is 0 Å². The Kier molecular flexibility index (Phi) is 5.08. The highest BCUT2D eigenvalue weighted by atomic mass is 16.3. The molecule has 0 unspecified atom stereocenters. The van der Waals surface area contributed by atoms with E-state index in [9.17, 15) is 0 Å². The third-order valence-corrected chi connectivity index (χ3v) is 3.92. The summed E-state index contributed by atoms with van der Waals surface area (Å²) >= 11 is 0. The molecule has 0 amide bonds. The molecular weight excluding hydrogens is 288 g/mol. The zero-order chi connectivity index (χ0) is 16.1. The minimum Gasteiger partial charge on any atom is -0.396 e. The summed E-state index contributed by atoms with van der Waals surface area (Å²) in [7, 11) is 0.